The molecule has 84 valence electrons. The Labute approximate surface area is 92.6 Å². The molecule has 0 aromatic heterocycles. The molecule has 1 aromatic carbocycles. The fraction of sp³-hybridized carbons (Fsp3) is 0.455. The Morgan fingerprint density at radius 3 is 2.62 bits per heavy atom. The molecule has 0 aliphatic carbocycles. The van der Waals surface area contributed by atoms with Crippen LogP contribution < -0.4 is 5.32 Å². The first-order chi connectivity index (χ1) is 7.74. The monoisotopic (exact) mass is 220 g/mol. The Balaban J connectivity index is 1.82. The number of benzene rings is 1. The standard InChI is InChI=1S/C11H12N2O3/c14-13(15)8-3-1-7(2-4-8)11-10-5-9(16-11)6-12-10/h1-4,9-12H,5-6H2/t9-,10-,11+/m1/s1. The van der Waals surface area contributed by atoms with Crippen LogP contribution in [0.1, 0.15) is 18.1 Å². The lowest BCUT2D eigenvalue weighted by molar-refractivity contribution is -0.384. The summed E-state index contributed by atoms with van der Waals surface area (Å²) in [6.07, 6.45) is 1.41. The second kappa shape index (κ2) is 3.54. The highest BCUT2D eigenvalue weighted by Crippen LogP contribution is 2.37. The van der Waals surface area contributed by atoms with Crippen molar-refractivity contribution in [3.05, 3.63) is 39.9 Å². The summed E-state index contributed by atoms with van der Waals surface area (Å²) >= 11 is 0. The summed E-state index contributed by atoms with van der Waals surface area (Å²) in [5.41, 5.74) is 1.14. The van der Waals surface area contributed by atoms with Gasteiger partial charge in [0.1, 0.15) is 0 Å². The molecule has 0 amide bonds. The highest BCUT2D eigenvalue weighted by molar-refractivity contribution is 5.34. The fourth-order valence-corrected chi connectivity index (χ4v) is 2.47. The normalized spacial score (nSPS) is 31.9. The maximum atomic E-state index is 10.5. The number of ether oxygens (including phenoxy) is 1. The first-order valence-corrected chi connectivity index (χ1v) is 5.37. The van der Waals surface area contributed by atoms with Gasteiger partial charge in [-0.3, -0.25) is 10.1 Å². The third-order valence-corrected chi connectivity index (χ3v) is 3.26. The van der Waals surface area contributed by atoms with E-state index >= 15 is 0 Å². The summed E-state index contributed by atoms with van der Waals surface area (Å²) in [6.45, 7) is 0.925. The van der Waals surface area contributed by atoms with Crippen LogP contribution in [0.15, 0.2) is 24.3 Å². The van der Waals surface area contributed by atoms with E-state index in [2.05, 4.69) is 5.32 Å². The maximum absolute atomic E-state index is 10.5. The van der Waals surface area contributed by atoms with E-state index in [1.807, 2.05) is 0 Å². The highest BCUT2D eigenvalue weighted by Gasteiger charge is 2.41. The molecule has 1 aromatic rings. The van der Waals surface area contributed by atoms with Crippen molar-refractivity contribution >= 4 is 5.69 Å². The number of morpholine rings is 1. The van der Waals surface area contributed by atoms with Crippen molar-refractivity contribution in [1.29, 1.82) is 0 Å². The van der Waals surface area contributed by atoms with E-state index in [1.165, 1.54) is 12.1 Å². The molecule has 3 rings (SSSR count). The zero-order valence-corrected chi connectivity index (χ0v) is 8.63. The molecule has 16 heavy (non-hydrogen) atoms. The third kappa shape index (κ3) is 1.48. The predicted octanol–water partition coefficient (Wildman–Crippen LogP) is 1.40. The van der Waals surface area contributed by atoms with Crippen molar-refractivity contribution in [2.24, 2.45) is 0 Å². The first-order valence-electron chi connectivity index (χ1n) is 5.37. The van der Waals surface area contributed by atoms with Crippen LogP contribution >= 0.6 is 0 Å². The molecule has 0 unspecified atom stereocenters. The molecule has 2 saturated heterocycles. The molecule has 2 bridgehead atoms. The number of fused-ring (bicyclic) bond motifs is 2. The number of nitrogens with one attached hydrogen (secondary N) is 1. The second-order valence-electron chi connectivity index (χ2n) is 4.28. The van der Waals surface area contributed by atoms with E-state index in [1.54, 1.807) is 12.1 Å². The van der Waals surface area contributed by atoms with Crippen molar-refractivity contribution < 1.29 is 9.66 Å². The summed E-state index contributed by atoms with van der Waals surface area (Å²) in [5, 5.41) is 13.9. The molecule has 1 N–H and O–H groups in total. The lowest BCUT2D eigenvalue weighted by Gasteiger charge is -2.23. The molecule has 5 nitrogen and oxygen atoms in total. The molecule has 2 aliphatic heterocycles. The van der Waals surface area contributed by atoms with Gasteiger partial charge in [-0.15, -0.1) is 0 Å². The van der Waals surface area contributed by atoms with Crippen LogP contribution in [0.5, 0.6) is 0 Å². The third-order valence-electron chi connectivity index (χ3n) is 3.26. The van der Waals surface area contributed by atoms with Gasteiger partial charge in [-0.05, 0) is 24.1 Å². The van der Waals surface area contributed by atoms with Crippen LogP contribution in [0, 0.1) is 10.1 Å². The lowest BCUT2D eigenvalue weighted by atomic mass is 10.0. The van der Waals surface area contributed by atoms with E-state index in [9.17, 15) is 10.1 Å². The Bertz CT molecular complexity index is 418. The summed E-state index contributed by atoms with van der Waals surface area (Å²) in [7, 11) is 0. The number of rotatable bonds is 2. The van der Waals surface area contributed by atoms with E-state index in [0.717, 1.165) is 18.5 Å². The topological polar surface area (TPSA) is 64.4 Å². The van der Waals surface area contributed by atoms with Gasteiger partial charge < -0.3 is 10.1 Å². The van der Waals surface area contributed by atoms with E-state index in [0.29, 0.717) is 12.1 Å². The van der Waals surface area contributed by atoms with Crippen LogP contribution in [-0.4, -0.2) is 23.6 Å². The lowest BCUT2D eigenvalue weighted by Crippen LogP contribution is -2.33. The van der Waals surface area contributed by atoms with Gasteiger partial charge >= 0.3 is 0 Å². The van der Waals surface area contributed by atoms with Gasteiger partial charge in [0.05, 0.1) is 17.1 Å². The SMILES string of the molecule is O=[N+]([O-])c1ccc([C@@H]2O[C@H]3CN[C@@H]2C3)cc1. The summed E-state index contributed by atoms with van der Waals surface area (Å²) in [5.74, 6) is 0. The molecule has 0 saturated carbocycles. The zero-order valence-electron chi connectivity index (χ0n) is 8.63. The van der Waals surface area contributed by atoms with E-state index < -0.39 is 0 Å². The Morgan fingerprint density at radius 1 is 1.38 bits per heavy atom. The van der Waals surface area contributed by atoms with Crippen molar-refractivity contribution in [2.75, 3.05) is 6.54 Å². The van der Waals surface area contributed by atoms with Gasteiger partial charge in [-0.25, -0.2) is 0 Å². The zero-order chi connectivity index (χ0) is 11.1. The van der Waals surface area contributed by atoms with Gasteiger partial charge in [0.2, 0.25) is 0 Å². The van der Waals surface area contributed by atoms with Crippen LogP contribution in [0.4, 0.5) is 5.69 Å². The number of hydrogen-bond donors (Lipinski definition) is 1. The molecule has 0 spiro atoms. The smallest absolute Gasteiger partial charge is 0.269 e. The molecule has 5 heteroatoms. The minimum absolute atomic E-state index is 0.0551. The molecule has 2 aliphatic rings. The number of non-ortho nitro benzene ring substituents is 1. The first kappa shape index (κ1) is 9.74. The quantitative estimate of drug-likeness (QED) is 0.604. The number of hydrogen-bond acceptors (Lipinski definition) is 4. The molecule has 2 fully saturated rings. The largest absolute Gasteiger partial charge is 0.367 e. The second-order valence-corrected chi connectivity index (χ2v) is 4.28. The molecule has 2 heterocycles. The average Bonchev–Trinajstić information content (AvgIpc) is 2.91. The molecule has 0 radical (unpaired) electrons. The van der Waals surface area contributed by atoms with Gasteiger partial charge in [0.25, 0.3) is 5.69 Å². The number of nitro benzene ring substituents is 1. The van der Waals surface area contributed by atoms with Crippen LogP contribution in [-0.2, 0) is 4.74 Å². The Kier molecular flexibility index (Phi) is 2.15. The Hall–Kier alpha value is -1.46. The maximum Gasteiger partial charge on any atom is 0.269 e. The van der Waals surface area contributed by atoms with Gasteiger partial charge in [-0.2, -0.15) is 0 Å². The van der Waals surface area contributed by atoms with Gasteiger partial charge in [0.15, 0.2) is 0 Å². The van der Waals surface area contributed by atoms with E-state index in [4.69, 9.17) is 4.74 Å². The van der Waals surface area contributed by atoms with Gasteiger partial charge in [0, 0.05) is 24.7 Å². The molecule has 3 atom stereocenters. The van der Waals surface area contributed by atoms with Crippen LogP contribution in [0.25, 0.3) is 0 Å². The summed E-state index contributed by atoms with van der Waals surface area (Å²) < 4.78 is 5.81. The minimum atomic E-state index is -0.385. The Morgan fingerprint density at radius 2 is 2.12 bits per heavy atom. The van der Waals surface area contributed by atoms with Crippen molar-refractivity contribution in [3.8, 4) is 0 Å². The highest BCUT2D eigenvalue weighted by atomic mass is 16.6. The number of nitrogens with zero attached hydrogens (tertiary/aromatic N) is 1. The minimum Gasteiger partial charge on any atom is -0.367 e. The molecular formula is C11H12N2O3. The van der Waals surface area contributed by atoms with Crippen molar-refractivity contribution in [3.63, 3.8) is 0 Å². The van der Waals surface area contributed by atoms with Crippen LogP contribution in [0.3, 0.4) is 0 Å². The van der Waals surface area contributed by atoms with Gasteiger partial charge in [-0.1, -0.05) is 0 Å². The van der Waals surface area contributed by atoms with Crippen LogP contribution in [0.2, 0.25) is 0 Å². The van der Waals surface area contributed by atoms with Crippen molar-refractivity contribution in [2.45, 2.75) is 24.7 Å². The van der Waals surface area contributed by atoms with E-state index in [-0.39, 0.29) is 16.7 Å². The average molecular weight is 220 g/mol. The molecular weight excluding hydrogens is 208 g/mol. The van der Waals surface area contributed by atoms with Crippen molar-refractivity contribution in [1.82, 2.24) is 5.32 Å². The summed E-state index contributed by atoms with van der Waals surface area (Å²) in [6, 6.07) is 7.00. The summed E-state index contributed by atoms with van der Waals surface area (Å²) in [4.78, 5) is 10.1. The fourth-order valence-electron chi connectivity index (χ4n) is 2.47. The number of nitro groups is 1. The predicted molar refractivity (Wildman–Crippen MR) is 57.1 cm³/mol.